The van der Waals surface area contributed by atoms with Crippen molar-refractivity contribution in [3.63, 3.8) is 0 Å². The molecule has 0 spiro atoms. The highest BCUT2D eigenvalue weighted by molar-refractivity contribution is 4.96. The van der Waals surface area contributed by atoms with Gasteiger partial charge >= 0.3 is 0 Å². The van der Waals surface area contributed by atoms with E-state index in [9.17, 15) is 0 Å². The first-order valence-corrected chi connectivity index (χ1v) is 5.46. The Hall–Kier alpha value is -0.0800. The Morgan fingerprint density at radius 3 is 2.00 bits per heavy atom. The van der Waals surface area contributed by atoms with Crippen molar-refractivity contribution >= 4 is 0 Å². The van der Waals surface area contributed by atoms with Crippen LogP contribution in [0.1, 0.15) is 41.0 Å². The van der Waals surface area contributed by atoms with Crippen molar-refractivity contribution in [1.82, 2.24) is 10.2 Å². The number of rotatable bonds is 3. The molecule has 1 saturated heterocycles. The number of hydrogen-bond donors (Lipinski definition) is 1. The molecule has 0 aromatic rings. The van der Waals surface area contributed by atoms with Crippen molar-refractivity contribution in [1.29, 1.82) is 0 Å². The Morgan fingerprint density at radius 2 is 1.69 bits per heavy atom. The third-order valence-corrected chi connectivity index (χ3v) is 3.08. The van der Waals surface area contributed by atoms with Crippen LogP contribution in [-0.4, -0.2) is 35.6 Å². The molecule has 0 radical (unpaired) electrons. The molecule has 2 nitrogen and oxygen atoms in total. The van der Waals surface area contributed by atoms with Crippen molar-refractivity contribution in [3.05, 3.63) is 0 Å². The first-order chi connectivity index (χ1) is 5.97. The Balaban J connectivity index is 2.73. The lowest BCUT2D eigenvalue weighted by Gasteiger charge is -2.44. The summed E-state index contributed by atoms with van der Waals surface area (Å²) in [4.78, 5) is 2.63. The fraction of sp³-hybridized carbons (Fsp3) is 1.00. The summed E-state index contributed by atoms with van der Waals surface area (Å²) in [5.74, 6) is 0. The molecule has 78 valence electrons. The van der Waals surface area contributed by atoms with Gasteiger partial charge in [0.25, 0.3) is 0 Å². The first-order valence-electron chi connectivity index (χ1n) is 5.46. The molecule has 0 aromatic heterocycles. The predicted octanol–water partition coefficient (Wildman–Crippen LogP) is 1.86. The van der Waals surface area contributed by atoms with Gasteiger partial charge in [0.15, 0.2) is 0 Å². The van der Waals surface area contributed by atoms with Crippen LogP contribution in [0.25, 0.3) is 0 Å². The van der Waals surface area contributed by atoms with E-state index in [1.54, 1.807) is 0 Å². The largest absolute Gasteiger partial charge is 0.315 e. The van der Waals surface area contributed by atoms with E-state index < -0.39 is 0 Å². The van der Waals surface area contributed by atoms with Gasteiger partial charge in [0.05, 0.1) is 0 Å². The number of nitrogens with one attached hydrogen (secondary N) is 1. The van der Waals surface area contributed by atoms with Gasteiger partial charge in [-0.1, -0.05) is 0 Å². The molecule has 2 heteroatoms. The van der Waals surface area contributed by atoms with Crippen LogP contribution in [0.15, 0.2) is 0 Å². The van der Waals surface area contributed by atoms with E-state index in [4.69, 9.17) is 0 Å². The van der Waals surface area contributed by atoms with E-state index in [0.29, 0.717) is 17.6 Å². The van der Waals surface area contributed by atoms with Crippen molar-refractivity contribution in [3.8, 4) is 0 Å². The van der Waals surface area contributed by atoms with Crippen LogP contribution >= 0.6 is 0 Å². The minimum atomic E-state index is 0.377. The van der Waals surface area contributed by atoms with Gasteiger partial charge in [0.2, 0.25) is 0 Å². The Kier molecular flexibility index (Phi) is 3.36. The highest BCUT2D eigenvalue weighted by Crippen LogP contribution is 2.26. The average molecular weight is 184 g/mol. The van der Waals surface area contributed by atoms with Crippen molar-refractivity contribution < 1.29 is 0 Å². The van der Waals surface area contributed by atoms with E-state index >= 15 is 0 Å². The second-order valence-electron chi connectivity index (χ2n) is 5.02. The van der Waals surface area contributed by atoms with Gasteiger partial charge in [-0.25, -0.2) is 0 Å². The lowest BCUT2D eigenvalue weighted by atomic mass is 9.95. The van der Waals surface area contributed by atoms with Crippen molar-refractivity contribution in [2.75, 3.05) is 13.1 Å². The monoisotopic (exact) mass is 184 g/mol. The molecule has 0 bridgehead atoms. The van der Waals surface area contributed by atoms with Crippen LogP contribution in [0.5, 0.6) is 0 Å². The maximum atomic E-state index is 3.46. The first kappa shape index (κ1) is 11.0. The average Bonchev–Trinajstić information content (AvgIpc) is 2.33. The smallest absolute Gasteiger partial charge is 0.0323 e. The fourth-order valence-corrected chi connectivity index (χ4v) is 2.87. The maximum Gasteiger partial charge on any atom is 0.0323 e. The molecule has 1 heterocycles. The van der Waals surface area contributed by atoms with Crippen LogP contribution in [0.2, 0.25) is 0 Å². The molecule has 1 atom stereocenters. The second kappa shape index (κ2) is 3.97. The van der Waals surface area contributed by atoms with Crippen molar-refractivity contribution in [2.24, 2.45) is 0 Å². The van der Waals surface area contributed by atoms with Gasteiger partial charge in [-0.2, -0.15) is 0 Å². The highest BCUT2D eigenvalue weighted by atomic mass is 15.3. The van der Waals surface area contributed by atoms with Crippen LogP contribution < -0.4 is 5.32 Å². The van der Waals surface area contributed by atoms with Gasteiger partial charge in [0.1, 0.15) is 0 Å². The van der Waals surface area contributed by atoms with Gasteiger partial charge in [-0.3, -0.25) is 4.90 Å². The summed E-state index contributed by atoms with van der Waals surface area (Å²) in [5, 5.41) is 3.46. The fourth-order valence-electron chi connectivity index (χ4n) is 2.87. The van der Waals surface area contributed by atoms with Gasteiger partial charge in [-0.05, 0) is 47.6 Å². The lowest BCUT2D eigenvalue weighted by Crippen LogP contribution is -2.54. The third-order valence-electron chi connectivity index (χ3n) is 3.08. The summed E-state index contributed by atoms with van der Waals surface area (Å²) in [6.07, 6.45) is 1.28. The molecule has 0 aliphatic carbocycles. The van der Waals surface area contributed by atoms with Crippen molar-refractivity contribution in [2.45, 2.75) is 58.7 Å². The zero-order valence-corrected chi connectivity index (χ0v) is 9.72. The molecular formula is C11H24N2. The molecular weight excluding hydrogens is 160 g/mol. The minimum absolute atomic E-state index is 0.377. The quantitative estimate of drug-likeness (QED) is 0.720. The van der Waals surface area contributed by atoms with E-state index in [2.05, 4.69) is 44.8 Å². The molecule has 13 heavy (non-hydrogen) atoms. The van der Waals surface area contributed by atoms with Gasteiger partial charge in [0, 0.05) is 24.2 Å². The van der Waals surface area contributed by atoms with Crippen LogP contribution in [0, 0.1) is 0 Å². The Labute approximate surface area is 82.7 Å². The number of nitrogens with zero attached hydrogens (tertiary/aromatic N) is 1. The third kappa shape index (κ3) is 2.23. The van der Waals surface area contributed by atoms with Gasteiger partial charge in [-0.15, -0.1) is 0 Å². The highest BCUT2D eigenvalue weighted by Gasteiger charge is 2.37. The lowest BCUT2D eigenvalue weighted by molar-refractivity contribution is 0.0517. The summed E-state index contributed by atoms with van der Waals surface area (Å²) >= 11 is 0. The maximum absolute atomic E-state index is 3.46. The molecule has 1 aliphatic rings. The molecule has 0 unspecified atom stereocenters. The summed E-state index contributed by atoms with van der Waals surface area (Å²) < 4.78 is 0. The van der Waals surface area contributed by atoms with E-state index in [0.717, 1.165) is 6.54 Å². The summed E-state index contributed by atoms with van der Waals surface area (Å²) in [7, 11) is 0. The minimum Gasteiger partial charge on any atom is -0.315 e. The predicted molar refractivity (Wildman–Crippen MR) is 58.0 cm³/mol. The molecule has 0 saturated carbocycles. The summed E-state index contributed by atoms with van der Waals surface area (Å²) in [6.45, 7) is 13.9. The Bertz CT molecular complexity index is 149. The molecule has 1 aliphatic heterocycles. The molecule has 1 fully saturated rings. The van der Waals surface area contributed by atoms with Gasteiger partial charge < -0.3 is 5.32 Å². The summed E-state index contributed by atoms with van der Waals surface area (Å²) in [6, 6.07) is 1.29. The van der Waals surface area contributed by atoms with Crippen LogP contribution in [-0.2, 0) is 0 Å². The SMILES string of the molecule is CC(C)N(C(C)C)[C@]1(C)CCNC1. The molecule has 0 amide bonds. The van der Waals surface area contributed by atoms with E-state index in [1.807, 2.05) is 0 Å². The molecule has 1 rings (SSSR count). The van der Waals surface area contributed by atoms with Crippen LogP contribution in [0.4, 0.5) is 0 Å². The van der Waals surface area contributed by atoms with E-state index in [1.165, 1.54) is 13.0 Å². The summed E-state index contributed by atoms with van der Waals surface area (Å²) in [5.41, 5.74) is 0.377. The zero-order chi connectivity index (χ0) is 10.1. The normalized spacial score (nSPS) is 29.5. The number of hydrogen-bond acceptors (Lipinski definition) is 2. The molecule has 0 aromatic carbocycles. The topological polar surface area (TPSA) is 15.3 Å². The Morgan fingerprint density at radius 1 is 1.15 bits per heavy atom. The molecule has 1 N–H and O–H groups in total. The zero-order valence-electron chi connectivity index (χ0n) is 9.72. The second-order valence-corrected chi connectivity index (χ2v) is 5.02. The van der Waals surface area contributed by atoms with E-state index in [-0.39, 0.29) is 0 Å². The van der Waals surface area contributed by atoms with Crippen LogP contribution in [0.3, 0.4) is 0 Å². The standard InChI is InChI=1S/C11H24N2/c1-9(2)13(10(3)4)11(5)6-7-12-8-11/h9-10,12H,6-8H2,1-5H3/t11-/m1/s1.